The Bertz CT molecular complexity index is 798. The third-order valence-electron chi connectivity index (χ3n) is 4.07. The molecule has 1 aliphatic rings. The van der Waals surface area contributed by atoms with Gasteiger partial charge in [-0.2, -0.15) is 0 Å². The number of carbonyl (C=O) groups excluding carboxylic acids is 2. The quantitative estimate of drug-likeness (QED) is 0.787. The molecule has 128 valence electrons. The molecule has 0 spiro atoms. The number of rotatable bonds is 2. The van der Waals surface area contributed by atoms with Crippen molar-refractivity contribution in [3.63, 3.8) is 0 Å². The average Bonchev–Trinajstić information content (AvgIpc) is 2.60. The van der Waals surface area contributed by atoms with E-state index < -0.39 is 11.5 Å². The lowest BCUT2D eigenvalue weighted by Gasteiger charge is -2.37. The Labute approximate surface area is 146 Å². The van der Waals surface area contributed by atoms with Gasteiger partial charge in [-0.1, -0.05) is 38.1 Å². The summed E-state index contributed by atoms with van der Waals surface area (Å²) in [5.74, 6) is 0.513. The predicted octanol–water partition coefficient (Wildman–Crippen LogP) is 3.57. The summed E-state index contributed by atoms with van der Waals surface area (Å²) in [4.78, 5) is 31.0. The van der Waals surface area contributed by atoms with Crippen LogP contribution in [-0.2, 0) is 4.79 Å². The van der Waals surface area contributed by atoms with Crippen LogP contribution in [0, 0.1) is 5.41 Å². The van der Waals surface area contributed by atoms with E-state index in [-0.39, 0.29) is 12.3 Å². The zero-order valence-corrected chi connectivity index (χ0v) is 14.3. The number of hydrogen-bond acceptors (Lipinski definition) is 4. The number of ether oxygens (including phenoxy) is 1. The number of ketones is 1. The van der Waals surface area contributed by atoms with Gasteiger partial charge >= 0.3 is 6.09 Å². The number of pyridine rings is 1. The minimum atomic E-state index is -0.672. The van der Waals surface area contributed by atoms with Gasteiger partial charge in [0.2, 0.25) is 0 Å². The zero-order valence-electron chi connectivity index (χ0n) is 14.3. The molecule has 1 saturated heterocycles. The van der Waals surface area contributed by atoms with Crippen molar-refractivity contribution in [2.24, 2.45) is 5.41 Å². The minimum absolute atomic E-state index is 0.0296. The normalized spacial score (nSPS) is 18.2. The van der Waals surface area contributed by atoms with Crippen LogP contribution in [0.15, 0.2) is 60.3 Å². The SMILES string of the molecule is CC1(C)CN(C(=O)Oc2ccccc2)C/C(=C/c2ccccn2)C1=O. The van der Waals surface area contributed by atoms with Gasteiger partial charge in [-0.05, 0) is 30.3 Å². The molecule has 1 aromatic carbocycles. The molecule has 0 saturated carbocycles. The number of benzene rings is 1. The van der Waals surface area contributed by atoms with Gasteiger partial charge in [0.05, 0.1) is 12.2 Å². The van der Waals surface area contributed by atoms with E-state index in [1.54, 1.807) is 41.4 Å². The third-order valence-corrected chi connectivity index (χ3v) is 4.07. The van der Waals surface area contributed by atoms with E-state index in [0.717, 1.165) is 0 Å². The molecule has 2 aromatic rings. The van der Waals surface area contributed by atoms with Gasteiger partial charge in [0, 0.05) is 23.7 Å². The fourth-order valence-corrected chi connectivity index (χ4v) is 2.85. The number of nitrogens with zero attached hydrogens (tertiary/aromatic N) is 2. The van der Waals surface area contributed by atoms with Crippen LogP contribution in [0.5, 0.6) is 5.75 Å². The van der Waals surface area contributed by atoms with E-state index in [1.165, 1.54) is 0 Å². The fourth-order valence-electron chi connectivity index (χ4n) is 2.85. The van der Waals surface area contributed by atoms with Crippen LogP contribution in [-0.4, -0.2) is 34.8 Å². The first kappa shape index (κ1) is 16.9. The number of carbonyl (C=O) groups is 2. The van der Waals surface area contributed by atoms with Crippen LogP contribution in [0.2, 0.25) is 0 Å². The Morgan fingerprint density at radius 3 is 2.56 bits per heavy atom. The van der Waals surface area contributed by atoms with E-state index in [0.29, 0.717) is 23.6 Å². The summed E-state index contributed by atoms with van der Waals surface area (Å²) in [7, 11) is 0. The number of Topliss-reactive ketones (excluding diaryl/α,β-unsaturated/α-hetero) is 1. The summed E-state index contributed by atoms with van der Waals surface area (Å²) in [6.45, 7) is 4.20. The summed E-state index contributed by atoms with van der Waals surface area (Å²) in [5.41, 5.74) is 0.578. The van der Waals surface area contributed by atoms with Gasteiger partial charge in [0.25, 0.3) is 0 Å². The van der Waals surface area contributed by atoms with Crippen molar-refractivity contribution in [3.05, 3.63) is 66.0 Å². The van der Waals surface area contributed by atoms with Gasteiger partial charge in [-0.15, -0.1) is 0 Å². The second kappa shape index (κ2) is 6.89. The van der Waals surface area contributed by atoms with Crippen LogP contribution in [0.25, 0.3) is 6.08 Å². The number of hydrogen-bond donors (Lipinski definition) is 0. The maximum Gasteiger partial charge on any atom is 0.415 e. The molecule has 25 heavy (non-hydrogen) atoms. The highest BCUT2D eigenvalue weighted by Gasteiger charge is 2.40. The lowest BCUT2D eigenvalue weighted by molar-refractivity contribution is -0.125. The number of aromatic nitrogens is 1. The largest absolute Gasteiger partial charge is 0.415 e. The first-order valence-corrected chi connectivity index (χ1v) is 8.14. The maximum atomic E-state index is 12.7. The maximum absolute atomic E-state index is 12.7. The molecule has 1 aromatic heterocycles. The highest BCUT2D eigenvalue weighted by atomic mass is 16.6. The van der Waals surface area contributed by atoms with Crippen LogP contribution >= 0.6 is 0 Å². The Kier molecular flexibility index (Phi) is 4.65. The predicted molar refractivity (Wildman–Crippen MR) is 95.0 cm³/mol. The minimum Gasteiger partial charge on any atom is -0.410 e. The molecule has 0 unspecified atom stereocenters. The van der Waals surface area contributed by atoms with Crippen molar-refractivity contribution in [1.29, 1.82) is 0 Å². The van der Waals surface area contributed by atoms with E-state index in [4.69, 9.17) is 4.74 Å². The summed E-state index contributed by atoms with van der Waals surface area (Å²) in [6, 6.07) is 14.4. The third kappa shape index (κ3) is 3.94. The van der Waals surface area contributed by atoms with Gasteiger partial charge in [0.15, 0.2) is 5.78 Å². The molecule has 1 fully saturated rings. The molecule has 5 heteroatoms. The van der Waals surface area contributed by atoms with Crippen LogP contribution in [0.3, 0.4) is 0 Å². The van der Waals surface area contributed by atoms with Crippen molar-refractivity contribution in [3.8, 4) is 5.75 Å². The summed E-state index contributed by atoms with van der Waals surface area (Å²) in [5, 5.41) is 0. The topological polar surface area (TPSA) is 59.5 Å². The molecule has 3 rings (SSSR count). The monoisotopic (exact) mass is 336 g/mol. The summed E-state index contributed by atoms with van der Waals surface area (Å²) in [6.07, 6.45) is 2.96. The number of para-hydroxylation sites is 1. The smallest absolute Gasteiger partial charge is 0.410 e. The number of piperidine rings is 1. The Hall–Kier alpha value is -2.95. The van der Waals surface area contributed by atoms with Crippen molar-refractivity contribution in [1.82, 2.24) is 9.88 Å². The van der Waals surface area contributed by atoms with Crippen molar-refractivity contribution >= 4 is 18.0 Å². The Morgan fingerprint density at radius 2 is 1.88 bits per heavy atom. The van der Waals surface area contributed by atoms with E-state index in [9.17, 15) is 9.59 Å². The molecule has 1 aliphatic heterocycles. The first-order valence-electron chi connectivity index (χ1n) is 8.14. The second-order valence-corrected chi connectivity index (χ2v) is 6.67. The van der Waals surface area contributed by atoms with Crippen molar-refractivity contribution in [2.75, 3.05) is 13.1 Å². The standard InChI is InChI=1S/C20H20N2O3/c1-20(2)14-22(19(24)25-17-9-4-3-5-10-17)13-15(18(20)23)12-16-8-6-7-11-21-16/h3-12H,13-14H2,1-2H3/b15-12-. The highest BCUT2D eigenvalue weighted by molar-refractivity contribution is 6.05. The molecule has 1 amide bonds. The van der Waals surface area contributed by atoms with E-state index in [2.05, 4.69) is 4.98 Å². The molecule has 0 N–H and O–H groups in total. The molecular formula is C20H20N2O3. The summed E-state index contributed by atoms with van der Waals surface area (Å²) < 4.78 is 5.41. The summed E-state index contributed by atoms with van der Waals surface area (Å²) >= 11 is 0. The lowest BCUT2D eigenvalue weighted by atomic mass is 9.80. The van der Waals surface area contributed by atoms with Crippen LogP contribution < -0.4 is 4.74 Å². The van der Waals surface area contributed by atoms with Crippen molar-refractivity contribution in [2.45, 2.75) is 13.8 Å². The Morgan fingerprint density at radius 1 is 1.16 bits per heavy atom. The Balaban J connectivity index is 1.83. The zero-order chi connectivity index (χ0) is 17.9. The fraction of sp³-hybridized carbons (Fsp3) is 0.250. The number of amides is 1. The van der Waals surface area contributed by atoms with Gasteiger partial charge in [0.1, 0.15) is 5.75 Å². The van der Waals surface area contributed by atoms with Gasteiger partial charge < -0.3 is 9.64 Å². The molecule has 2 heterocycles. The van der Waals surface area contributed by atoms with Gasteiger partial charge in [-0.3, -0.25) is 9.78 Å². The molecule has 0 bridgehead atoms. The van der Waals surface area contributed by atoms with E-state index in [1.807, 2.05) is 38.1 Å². The van der Waals surface area contributed by atoms with Crippen molar-refractivity contribution < 1.29 is 14.3 Å². The molecule has 5 nitrogen and oxygen atoms in total. The van der Waals surface area contributed by atoms with Crippen LogP contribution in [0.4, 0.5) is 4.79 Å². The molecule has 0 aliphatic carbocycles. The molecule has 0 radical (unpaired) electrons. The molecule has 0 atom stereocenters. The van der Waals surface area contributed by atoms with E-state index >= 15 is 0 Å². The average molecular weight is 336 g/mol. The first-order chi connectivity index (χ1) is 12.0. The van der Waals surface area contributed by atoms with Gasteiger partial charge in [-0.25, -0.2) is 4.79 Å². The highest BCUT2D eigenvalue weighted by Crippen LogP contribution is 2.30. The number of likely N-dealkylation sites (tertiary alicyclic amines) is 1. The lowest BCUT2D eigenvalue weighted by Crippen LogP contribution is -2.50. The second-order valence-electron chi connectivity index (χ2n) is 6.67. The molecular weight excluding hydrogens is 316 g/mol. The van der Waals surface area contributed by atoms with Crippen LogP contribution in [0.1, 0.15) is 19.5 Å².